The normalized spacial score (nSPS) is 17.4. The number of amides is 1. The largest absolute Gasteiger partial charge is 0.495 e. The van der Waals surface area contributed by atoms with Gasteiger partial charge in [-0.2, -0.15) is 5.10 Å². The Balaban J connectivity index is 1.50. The summed E-state index contributed by atoms with van der Waals surface area (Å²) < 4.78 is 12.7. The van der Waals surface area contributed by atoms with Crippen LogP contribution in [0.3, 0.4) is 0 Å². The van der Waals surface area contributed by atoms with E-state index >= 15 is 0 Å². The average Bonchev–Trinajstić information content (AvgIpc) is 3.50. The minimum Gasteiger partial charge on any atom is -0.495 e. The summed E-state index contributed by atoms with van der Waals surface area (Å²) >= 11 is 0. The lowest BCUT2D eigenvalue weighted by atomic mass is 10.1. The summed E-state index contributed by atoms with van der Waals surface area (Å²) in [6.45, 7) is 3.13. The molecule has 1 saturated carbocycles. The molecule has 178 valence electrons. The molecule has 3 heterocycles. The van der Waals surface area contributed by atoms with Crippen molar-refractivity contribution in [3.63, 3.8) is 0 Å². The molecule has 2 fully saturated rings. The highest BCUT2D eigenvalue weighted by atomic mass is 16.6. The summed E-state index contributed by atoms with van der Waals surface area (Å²) in [7, 11) is 1.52. The second-order valence-corrected chi connectivity index (χ2v) is 8.69. The quantitative estimate of drug-likeness (QED) is 0.465. The number of anilines is 2. The second kappa shape index (κ2) is 8.56. The monoisotopic (exact) mass is 465 g/mol. The maximum Gasteiger partial charge on any atom is 0.303 e. The molecular formula is C23H27N7O4. The number of carbonyl (C=O) groups is 2. The van der Waals surface area contributed by atoms with Gasteiger partial charge >= 0.3 is 5.97 Å². The number of rotatable bonds is 6. The summed E-state index contributed by atoms with van der Waals surface area (Å²) in [4.78, 5) is 32.8. The molecule has 2 aromatic heterocycles. The number of fused-ring (bicyclic) bond motifs is 1. The van der Waals surface area contributed by atoms with Crippen molar-refractivity contribution in [3.05, 3.63) is 24.5 Å². The van der Waals surface area contributed by atoms with Crippen LogP contribution in [0.4, 0.5) is 11.5 Å². The van der Waals surface area contributed by atoms with Gasteiger partial charge in [-0.25, -0.2) is 14.6 Å². The molecule has 0 atom stereocenters. The molecule has 11 heteroatoms. The molecule has 0 unspecified atom stereocenters. The van der Waals surface area contributed by atoms with Gasteiger partial charge in [0.15, 0.2) is 11.2 Å². The van der Waals surface area contributed by atoms with E-state index in [4.69, 9.17) is 20.3 Å². The Morgan fingerprint density at radius 1 is 1.24 bits per heavy atom. The van der Waals surface area contributed by atoms with Gasteiger partial charge in [-0.3, -0.25) is 9.59 Å². The number of esters is 1. The molecule has 1 saturated heterocycles. The second-order valence-electron chi connectivity index (χ2n) is 8.69. The number of nitrogens with two attached hydrogens (primary N) is 1. The van der Waals surface area contributed by atoms with Gasteiger partial charge < -0.3 is 25.8 Å². The molecular weight excluding hydrogens is 438 g/mol. The number of hydrogen-bond donors (Lipinski definition) is 3. The highest BCUT2D eigenvalue weighted by molar-refractivity contribution is 6.02. The minimum absolute atomic E-state index is 0.211. The van der Waals surface area contributed by atoms with Crippen LogP contribution in [0.15, 0.2) is 24.5 Å². The molecule has 1 amide bonds. The Bertz CT molecular complexity index is 1260. The van der Waals surface area contributed by atoms with Crippen LogP contribution in [0.1, 0.15) is 38.6 Å². The fourth-order valence-electron chi connectivity index (χ4n) is 4.45. The van der Waals surface area contributed by atoms with Crippen LogP contribution in [0.2, 0.25) is 0 Å². The van der Waals surface area contributed by atoms with Crippen molar-refractivity contribution in [1.29, 1.82) is 0 Å². The molecule has 0 bridgehead atoms. The first-order valence-corrected chi connectivity index (χ1v) is 11.3. The number of methoxy groups -OCH3 is 1. The predicted molar refractivity (Wildman–Crippen MR) is 125 cm³/mol. The molecule has 0 radical (unpaired) electrons. The zero-order valence-electron chi connectivity index (χ0n) is 19.1. The highest BCUT2D eigenvalue weighted by Crippen LogP contribution is 2.42. The fourth-order valence-corrected chi connectivity index (χ4v) is 4.45. The average molecular weight is 466 g/mol. The summed E-state index contributed by atoms with van der Waals surface area (Å²) in [5.41, 5.74) is 7.74. The topological polar surface area (TPSA) is 146 Å². The van der Waals surface area contributed by atoms with E-state index in [0.717, 1.165) is 31.5 Å². The van der Waals surface area contributed by atoms with Crippen LogP contribution < -0.4 is 21.1 Å². The standard InChI is InChI=1S/C23H27N7O4/c1-13(31)34-23(7-8-23)22(32)28-16-4-3-14(11-17(16)33-2)19-18-20(24)26-12-27-21(18)30(29-19)15-5-9-25-10-6-15/h3-4,11-12,15,25H,5-10H2,1-2H3,(H,28,32)(H2,24,26,27). The third-order valence-corrected chi connectivity index (χ3v) is 6.35. The molecule has 11 nitrogen and oxygen atoms in total. The highest BCUT2D eigenvalue weighted by Gasteiger charge is 2.53. The Kier molecular flexibility index (Phi) is 5.56. The summed E-state index contributed by atoms with van der Waals surface area (Å²) in [5.74, 6) is -0.0453. The number of nitrogens with one attached hydrogen (secondary N) is 2. The Hall–Kier alpha value is -3.73. The van der Waals surface area contributed by atoms with Gasteiger partial charge in [0, 0.05) is 25.3 Å². The molecule has 5 rings (SSSR count). The molecule has 1 aliphatic carbocycles. The van der Waals surface area contributed by atoms with E-state index in [1.807, 2.05) is 10.7 Å². The Morgan fingerprint density at radius 2 is 2.00 bits per heavy atom. The smallest absolute Gasteiger partial charge is 0.303 e. The lowest BCUT2D eigenvalue weighted by Crippen LogP contribution is -2.34. The molecule has 2 aliphatic rings. The molecule has 0 spiro atoms. The first-order valence-electron chi connectivity index (χ1n) is 11.3. The van der Waals surface area contributed by atoms with Gasteiger partial charge in [0.05, 0.1) is 24.2 Å². The lowest BCUT2D eigenvalue weighted by molar-refractivity contribution is -0.154. The van der Waals surface area contributed by atoms with Gasteiger partial charge in [-0.1, -0.05) is 6.07 Å². The number of carbonyl (C=O) groups excluding carboxylic acids is 2. The Labute approximate surface area is 196 Å². The number of hydrogen-bond acceptors (Lipinski definition) is 9. The van der Waals surface area contributed by atoms with Crippen LogP contribution >= 0.6 is 0 Å². The molecule has 34 heavy (non-hydrogen) atoms. The van der Waals surface area contributed by atoms with Gasteiger partial charge in [0.25, 0.3) is 5.91 Å². The van der Waals surface area contributed by atoms with E-state index in [0.29, 0.717) is 46.8 Å². The van der Waals surface area contributed by atoms with E-state index in [-0.39, 0.29) is 11.9 Å². The number of nitrogen functional groups attached to an aromatic ring is 1. The van der Waals surface area contributed by atoms with Crippen molar-refractivity contribution in [1.82, 2.24) is 25.1 Å². The van der Waals surface area contributed by atoms with E-state index in [1.165, 1.54) is 20.4 Å². The molecule has 3 aromatic rings. The van der Waals surface area contributed by atoms with E-state index < -0.39 is 11.6 Å². The van der Waals surface area contributed by atoms with Crippen LogP contribution in [0, 0.1) is 0 Å². The van der Waals surface area contributed by atoms with Gasteiger partial charge in [0.2, 0.25) is 0 Å². The summed E-state index contributed by atoms with van der Waals surface area (Å²) in [5, 5.41) is 11.8. The minimum atomic E-state index is -1.09. The number of benzene rings is 1. The van der Waals surface area contributed by atoms with Crippen LogP contribution in [0.5, 0.6) is 5.75 Å². The van der Waals surface area contributed by atoms with E-state index in [2.05, 4.69) is 20.6 Å². The van der Waals surface area contributed by atoms with Crippen molar-refractivity contribution >= 4 is 34.4 Å². The number of aromatic nitrogens is 4. The number of ether oxygens (including phenoxy) is 2. The van der Waals surface area contributed by atoms with Crippen molar-refractivity contribution in [2.75, 3.05) is 31.2 Å². The summed E-state index contributed by atoms with van der Waals surface area (Å²) in [6.07, 6.45) is 4.34. The lowest BCUT2D eigenvalue weighted by Gasteiger charge is -2.23. The van der Waals surface area contributed by atoms with Crippen molar-refractivity contribution in [2.24, 2.45) is 0 Å². The fraction of sp³-hybridized carbons (Fsp3) is 0.435. The van der Waals surface area contributed by atoms with Crippen molar-refractivity contribution in [3.8, 4) is 17.0 Å². The van der Waals surface area contributed by atoms with E-state index in [1.54, 1.807) is 12.1 Å². The van der Waals surface area contributed by atoms with Crippen molar-refractivity contribution in [2.45, 2.75) is 44.2 Å². The maximum absolute atomic E-state index is 12.8. The first kappa shape index (κ1) is 22.1. The SMILES string of the molecule is COc1cc(-c2nn(C3CCNCC3)c3ncnc(N)c23)ccc1NC(=O)C1(OC(C)=O)CC1. The van der Waals surface area contributed by atoms with Gasteiger partial charge in [0.1, 0.15) is 23.6 Å². The van der Waals surface area contributed by atoms with Gasteiger partial charge in [-0.05, 0) is 38.1 Å². The van der Waals surface area contributed by atoms with Gasteiger partial charge in [-0.15, -0.1) is 0 Å². The third kappa shape index (κ3) is 3.92. The maximum atomic E-state index is 12.8. The zero-order valence-corrected chi connectivity index (χ0v) is 19.1. The van der Waals surface area contributed by atoms with Crippen LogP contribution in [-0.2, 0) is 14.3 Å². The predicted octanol–water partition coefficient (Wildman–Crippen LogP) is 2.04. The van der Waals surface area contributed by atoms with Crippen LogP contribution in [-0.4, -0.2) is 57.4 Å². The van der Waals surface area contributed by atoms with E-state index in [9.17, 15) is 9.59 Å². The molecule has 1 aromatic carbocycles. The summed E-state index contributed by atoms with van der Waals surface area (Å²) in [6, 6.07) is 5.58. The Morgan fingerprint density at radius 3 is 2.68 bits per heavy atom. The first-order chi connectivity index (χ1) is 16.4. The molecule has 1 aliphatic heterocycles. The number of nitrogens with zero attached hydrogens (tertiary/aromatic N) is 4. The third-order valence-electron chi connectivity index (χ3n) is 6.35. The zero-order chi connectivity index (χ0) is 23.9. The van der Waals surface area contributed by atoms with Crippen LogP contribution in [0.25, 0.3) is 22.3 Å². The molecule has 4 N–H and O–H groups in total. The number of piperidine rings is 1. The van der Waals surface area contributed by atoms with Crippen molar-refractivity contribution < 1.29 is 19.1 Å².